The topological polar surface area (TPSA) is 47.0 Å². The number of aromatic amines is 1. The van der Waals surface area contributed by atoms with E-state index in [1.807, 2.05) is 0 Å². The molecule has 1 fully saturated rings. The molecular weight excluding hydrogens is 287 g/mol. The Morgan fingerprint density at radius 2 is 2.47 bits per heavy atom. The normalized spacial score (nSPS) is 25.7. The van der Waals surface area contributed by atoms with Crippen LogP contribution in [0.25, 0.3) is 0 Å². The number of nitrogens with one attached hydrogen (secondary N) is 1. The molecule has 1 aliphatic heterocycles. The molecule has 0 aromatic carbocycles. The van der Waals surface area contributed by atoms with E-state index in [0.717, 1.165) is 12.6 Å². The maximum atomic E-state index is 13.2. The Morgan fingerprint density at radius 1 is 1.73 bits per heavy atom. The van der Waals surface area contributed by atoms with Crippen molar-refractivity contribution >= 4 is 28.1 Å². The van der Waals surface area contributed by atoms with Gasteiger partial charge in [0, 0.05) is 0 Å². The second-order valence-corrected chi connectivity index (χ2v) is 4.79. The summed E-state index contributed by atoms with van der Waals surface area (Å²) in [6.45, 7) is 0.546. The van der Waals surface area contributed by atoms with Gasteiger partial charge in [-0.25, -0.2) is 9.18 Å². The highest BCUT2D eigenvalue weighted by Crippen LogP contribution is 2.28. The third-order valence-corrected chi connectivity index (χ3v) is 3.40. The number of hydrogen-bond donors (Lipinski definition) is 1. The summed E-state index contributed by atoms with van der Waals surface area (Å²) in [5, 5.41) is 0. The van der Waals surface area contributed by atoms with E-state index in [-0.39, 0.29) is 9.47 Å². The number of nitrogens with zero attached hydrogens (tertiary/aromatic N) is 1. The molecule has 2 heterocycles. The molecule has 0 radical (unpaired) electrons. The summed E-state index contributed by atoms with van der Waals surface area (Å²) in [6, 6.07) is 0. The Bertz CT molecular complexity index is 486. The summed E-state index contributed by atoms with van der Waals surface area (Å²) < 4.78 is 19.5. The quantitative estimate of drug-likeness (QED) is 0.634. The van der Waals surface area contributed by atoms with E-state index < -0.39 is 17.7 Å². The molecular formula is C8H8BrFN2O2S. The van der Waals surface area contributed by atoms with Crippen molar-refractivity contribution in [3.63, 3.8) is 0 Å². The van der Waals surface area contributed by atoms with Gasteiger partial charge in [0.05, 0.1) is 17.6 Å². The average Bonchev–Trinajstić information content (AvgIpc) is 2.58. The fourth-order valence-corrected chi connectivity index (χ4v) is 2.19. The van der Waals surface area contributed by atoms with Crippen LogP contribution in [0.15, 0.2) is 11.0 Å². The molecule has 0 spiro atoms. The predicted molar refractivity (Wildman–Crippen MR) is 58.2 cm³/mol. The van der Waals surface area contributed by atoms with Crippen LogP contribution in [0, 0.1) is 10.5 Å². The predicted octanol–water partition coefficient (Wildman–Crippen LogP) is 1.73. The molecule has 1 saturated heterocycles. The second-order valence-electron chi connectivity index (χ2n) is 3.21. The summed E-state index contributed by atoms with van der Waals surface area (Å²) in [7, 11) is 0. The summed E-state index contributed by atoms with van der Waals surface area (Å²) >= 11 is 7.98. The molecule has 15 heavy (non-hydrogen) atoms. The van der Waals surface area contributed by atoms with Gasteiger partial charge in [-0.1, -0.05) is 28.1 Å². The number of halogens is 2. The molecule has 2 atom stereocenters. The molecule has 0 aliphatic carbocycles. The van der Waals surface area contributed by atoms with E-state index in [2.05, 4.69) is 33.1 Å². The number of rotatable bonds is 1. The molecule has 1 aromatic heterocycles. The van der Waals surface area contributed by atoms with E-state index in [0.29, 0.717) is 6.61 Å². The first-order valence-corrected chi connectivity index (χ1v) is 5.68. The van der Waals surface area contributed by atoms with Crippen LogP contribution in [0.5, 0.6) is 0 Å². The Labute approximate surface area is 98.2 Å². The first-order chi connectivity index (χ1) is 7.09. The van der Waals surface area contributed by atoms with Crippen LogP contribution in [-0.2, 0) is 4.74 Å². The smallest absolute Gasteiger partial charge is 0.328 e. The molecule has 0 saturated carbocycles. The number of aromatic nitrogens is 2. The van der Waals surface area contributed by atoms with E-state index in [1.54, 1.807) is 0 Å². The van der Waals surface area contributed by atoms with Gasteiger partial charge in [0.1, 0.15) is 4.64 Å². The number of hydrogen-bond acceptors (Lipinski definition) is 3. The van der Waals surface area contributed by atoms with Crippen molar-refractivity contribution in [2.75, 3.05) is 6.61 Å². The van der Waals surface area contributed by atoms with Gasteiger partial charge in [0.2, 0.25) is 0 Å². The van der Waals surface area contributed by atoms with Crippen molar-refractivity contribution in [1.82, 2.24) is 9.55 Å². The molecule has 0 bridgehead atoms. The van der Waals surface area contributed by atoms with Gasteiger partial charge in [0.15, 0.2) is 12.0 Å². The molecule has 1 N–H and O–H groups in total. The summed E-state index contributed by atoms with van der Waals surface area (Å²) in [6.07, 6.45) is 1.39. The van der Waals surface area contributed by atoms with Crippen LogP contribution in [0.2, 0.25) is 0 Å². The molecule has 0 unspecified atom stereocenters. The van der Waals surface area contributed by atoms with Gasteiger partial charge < -0.3 is 4.74 Å². The Kier molecular flexibility index (Phi) is 3.03. The van der Waals surface area contributed by atoms with Crippen LogP contribution in [0.4, 0.5) is 4.39 Å². The van der Waals surface area contributed by atoms with Crippen LogP contribution in [0.1, 0.15) is 12.6 Å². The second kappa shape index (κ2) is 4.15. The summed E-state index contributed by atoms with van der Waals surface area (Å²) in [4.78, 5) is 13.8. The van der Waals surface area contributed by atoms with E-state index in [4.69, 9.17) is 4.74 Å². The first-order valence-electron chi connectivity index (χ1n) is 4.36. The molecule has 1 aliphatic rings. The largest absolute Gasteiger partial charge is 0.357 e. The van der Waals surface area contributed by atoms with Crippen molar-refractivity contribution < 1.29 is 9.13 Å². The average molecular weight is 295 g/mol. The zero-order chi connectivity index (χ0) is 11.0. The molecule has 82 valence electrons. The van der Waals surface area contributed by atoms with Gasteiger partial charge in [-0.15, -0.1) is 0 Å². The molecule has 7 heteroatoms. The third kappa shape index (κ3) is 2.04. The van der Waals surface area contributed by atoms with Crippen molar-refractivity contribution in [2.24, 2.45) is 0 Å². The Hall–Kier alpha value is -0.530. The SMILES string of the molecule is O=c1[nH]c(=S)c(F)cn1[C@@H]1OCC[C@H]1Br. The lowest BCUT2D eigenvalue weighted by Gasteiger charge is -2.15. The van der Waals surface area contributed by atoms with Gasteiger partial charge in [0.25, 0.3) is 0 Å². The molecule has 4 nitrogen and oxygen atoms in total. The van der Waals surface area contributed by atoms with Gasteiger partial charge in [-0.3, -0.25) is 9.55 Å². The van der Waals surface area contributed by atoms with Crippen LogP contribution in [0.3, 0.4) is 0 Å². The van der Waals surface area contributed by atoms with E-state index >= 15 is 0 Å². The summed E-state index contributed by atoms with van der Waals surface area (Å²) in [5.74, 6) is -0.625. The zero-order valence-electron chi connectivity index (χ0n) is 7.57. The summed E-state index contributed by atoms with van der Waals surface area (Å²) in [5.41, 5.74) is -0.460. The van der Waals surface area contributed by atoms with Gasteiger partial charge >= 0.3 is 5.69 Å². The van der Waals surface area contributed by atoms with E-state index in [9.17, 15) is 9.18 Å². The standard InChI is InChI=1S/C8H8BrFN2O2S/c9-4-1-2-14-7(4)12-3-5(10)6(15)11-8(12)13/h3-4,7H,1-2H2,(H,11,13,15)/t4-,7-/m1/s1. The maximum Gasteiger partial charge on any atom is 0.328 e. The lowest BCUT2D eigenvalue weighted by molar-refractivity contribution is 0.0550. The minimum atomic E-state index is -0.625. The zero-order valence-corrected chi connectivity index (χ0v) is 9.98. The fraction of sp³-hybridized carbons (Fsp3) is 0.500. The Balaban J connectivity index is 2.48. The van der Waals surface area contributed by atoms with Gasteiger partial charge in [-0.05, 0) is 6.42 Å². The van der Waals surface area contributed by atoms with Crippen LogP contribution in [-0.4, -0.2) is 21.0 Å². The monoisotopic (exact) mass is 294 g/mol. The highest BCUT2D eigenvalue weighted by molar-refractivity contribution is 9.09. The molecule has 1 aromatic rings. The van der Waals surface area contributed by atoms with Crippen LogP contribution < -0.4 is 5.69 Å². The van der Waals surface area contributed by atoms with Crippen LogP contribution >= 0.6 is 28.1 Å². The minimum absolute atomic E-state index is 0.0129. The van der Waals surface area contributed by atoms with Crippen molar-refractivity contribution in [3.05, 3.63) is 27.1 Å². The highest BCUT2D eigenvalue weighted by Gasteiger charge is 2.28. The third-order valence-electron chi connectivity index (χ3n) is 2.19. The van der Waals surface area contributed by atoms with Crippen molar-refractivity contribution in [2.45, 2.75) is 17.5 Å². The van der Waals surface area contributed by atoms with Crippen molar-refractivity contribution in [3.8, 4) is 0 Å². The Morgan fingerprint density at radius 3 is 3.07 bits per heavy atom. The minimum Gasteiger partial charge on any atom is -0.357 e. The lowest BCUT2D eigenvalue weighted by Crippen LogP contribution is -2.30. The van der Waals surface area contributed by atoms with Crippen molar-refractivity contribution in [1.29, 1.82) is 0 Å². The van der Waals surface area contributed by atoms with E-state index in [1.165, 1.54) is 4.57 Å². The first kappa shape index (κ1) is 11.0. The number of alkyl halides is 1. The van der Waals surface area contributed by atoms with Gasteiger partial charge in [-0.2, -0.15) is 0 Å². The lowest BCUT2D eigenvalue weighted by atomic mass is 10.3. The number of H-pyrrole nitrogens is 1. The molecule has 2 rings (SSSR count). The highest BCUT2D eigenvalue weighted by atomic mass is 79.9. The number of ether oxygens (including phenoxy) is 1. The molecule has 0 amide bonds. The maximum absolute atomic E-state index is 13.2. The fourth-order valence-electron chi connectivity index (χ4n) is 1.45.